The molecule has 2 heterocycles. The van der Waals surface area contributed by atoms with Crippen LogP contribution in [0.25, 0.3) is 0 Å². The minimum atomic E-state index is -2.91. The van der Waals surface area contributed by atoms with Crippen molar-refractivity contribution in [2.24, 2.45) is 0 Å². The summed E-state index contributed by atoms with van der Waals surface area (Å²) in [5, 5.41) is 8.71. The Morgan fingerprint density at radius 2 is 2.09 bits per heavy atom. The van der Waals surface area contributed by atoms with Gasteiger partial charge < -0.3 is 10.2 Å². The highest BCUT2D eigenvalue weighted by Crippen LogP contribution is 2.27. The van der Waals surface area contributed by atoms with Crippen molar-refractivity contribution >= 4 is 27.2 Å². The maximum atomic E-state index is 11.7. The molecule has 1 atom stereocenters. The van der Waals surface area contributed by atoms with E-state index in [0.717, 1.165) is 22.1 Å². The van der Waals surface area contributed by atoms with Crippen molar-refractivity contribution in [1.29, 1.82) is 0 Å². The molecule has 1 N–H and O–H groups in total. The summed E-state index contributed by atoms with van der Waals surface area (Å²) < 4.78 is 25.3. The third kappa shape index (κ3) is 3.68. The molecular formula is C15H24N4O2S2. The lowest BCUT2D eigenvalue weighted by Gasteiger charge is -2.21. The SMILES string of the molecule is Cc1nn([C@H]2CCS(=O)(=O)C2)c(C)c1CN(C)C(=S)NC1CC1. The fourth-order valence-corrected chi connectivity index (χ4v) is 4.99. The second kappa shape index (κ2) is 6.05. The molecule has 1 aliphatic carbocycles. The van der Waals surface area contributed by atoms with Crippen molar-refractivity contribution in [3.63, 3.8) is 0 Å². The standard InChI is InChI=1S/C15H24N4O2S2/c1-10-14(8-18(3)15(22)16-12-4-5-12)11(2)19(17-10)13-6-7-23(20,21)9-13/h12-13H,4-9H2,1-3H3,(H,16,22)/t13-/m0/s1. The Morgan fingerprint density at radius 1 is 1.39 bits per heavy atom. The molecule has 1 aromatic heterocycles. The molecule has 2 aliphatic rings. The van der Waals surface area contributed by atoms with Gasteiger partial charge in [-0.2, -0.15) is 5.10 Å². The van der Waals surface area contributed by atoms with Gasteiger partial charge in [-0.1, -0.05) is 0 Å². The molecule has 8 heteroatoms. The molecule has 6 nitrogen and oxygen atoms in total. The summed E-state index contributed by atoms with van der Waals surface area (Å²) in [6.45, 7) is 4.69. The van der Waals surface area contributed by atoms with Crippen LogP contribution < -0.4 is 5.32 Å². The van der Waals surface area contributed by atoms with Gasteiger partial charge in [-0.15, -0.1) is 0 Å². The van der Waals surface area contributed by atoms with Gasteiger partial charge in [0.05, 0.1) is 23.2 Å². The molecule has 0 aromatic carbocycles. The molecule has 0 bridgehead atoms. The summed E-state index contributed by atoms with van der Waals surface area (Å²) in [5.74, 6) is 0.465. The summed E-state index contributed by atoms with van der Waals surface area (Å²) >= 11 is 5.43. The first kappa shape index (κ1) is 16.7. The van der Waals surface area contributed by atoms with E-state index in [1.165, 1.54) is 12.8 Å². The van der Waals surface area contributed by atoms with Crippen molar-refractivity contribution in [2.75, 3.05) is 18.6 Å². The summed E-state index contributed by atoms with van der Waals surface area (Å²) in [6.07, 6.45) is 3.04. The number of thiocarbonyl (C=S) groups is 1. The second-order valence-electron chi connectivity index (χ2n) is 6.73. The zero-order valence-electron chi connectivity index (χ0n) is 13.9. The van der Waals surface area contributed by atoms with Gasteiger partial charge in [-0.3, -0.25) is 4.68 Å². The van der Waals surface area contributed by atoms with Crippen LogP contribution in [0.1, 0.15) is 42.3 Å². The Kier molecular flexibility index (Phi) is 4.39. The van der Waals surface area contributed by atoms with Crippen LogP contribution in [0.5, 0.6) is 0 Å². The number of sulfone groups is 1. The number of aromatic nitrogens is 2. The summed E-state index contributed by atoms with van der Waals surface area (Å²) in [6, 6.07) is 0.507. The lowest BCUT2D eigenvalue weighted by molar-refractivity contribution is 0.474. The lowest BCUT2D eigenvalue weighted by atomic mass is 10.2. The highest BCUT2D eigenvalue weighted by atomic mass is 32.2. The van der Waals surface area contributed by atoms with Crippen LogP contribution in [0, 0.1) is 13.8 Å². The van der Waals surface area contributed by atoms with Gasteiger partial charge in [0.2, 0.25) is 0 Å². The Hall–Kier alpha value is -1.15. The van der Waals surface area contributed by atoms with Crippen LogP contribution >= 0.6 is 12.2 Å². The van der Waals surface area contributed by atoms with Gasteiger partial charge in [0.15, 0.2) is 14.9 Å². The van der Waals surface area contributed by atoms with Gasteiger partial charge >= 0.3 is 0 Å². The molecule has 0 spiro atoms. The smallest absolute Gasteiger partial charge is 0.169 e. The minimum Gasteiger partial charge on any atom is -0.360 e. The van der Waals surface area contributed by atoms with Crippen LogP contribution in [-0.4, -0.2) is 52.8 Å². The normalized spacial score (nSPS) is 23.0. The molecule has 1 saturated carbocycles. The van der Waals surface area contributed by atoms with E-state index in [1.807, 2.05) is 30.5 Å². The number of nitrogens with zero attached hydrogens (tertiary/aromatic N) is 3. The van der Waals surface area contributed by atoms with Gasteiger partial charge in [0, 0.05) is 30.9 Å². The predicted molar refractivity (Wildman–Crippen MR) is 94.2 cm³/mol. The Labute approximate surface area is 143 Å². The maximum absolute atomic E-state index is 11.7. The summed E-state index contributed by atoms with van der Waals surface area (Å²) in [4.78, 5) is 2.03. The molecule has 23 heavy (non-hydrogen) atoms. The quantitative estimate of drug-likeness (QED) is 0.821. The van der Waals surface area contributed by atoms with Gasteiger partial charge in [-0.25, -0.2) is 8.42 Å². The number of aryl methyl sites for hydroxylation is 1. The highest BCUT2D eigenvalue weighted by Gasteiger charge is 2.31. The second-order valence-corrected chi connectivity index (χ2v) is 9.35. The number of rotatable bonds is 4. The van der Waals surface area contributed by atoms with Crippen LogP contribution in [0.4, 0.5) is 0 Å². The monoisotopic (exact) mass is 356 g/mol. The molecule has 0 amide bonds. The van der Waals surface area contributed by atoms with Gasteiger partial charge in [0.1, 0.15) is 0 Å². The van der Waals surface area contributed by atoms with Crippen LogP contribution in [0.2, 0.25) is 0 Å². The highest BCUT2D eigenvalue weighted by molar-refractivity contribution is 7.91. The molecule has 0 radical (unpaired) electrons. The van der Waals surface area contributed by atoms with Crippen LogP contribution in [0.3, 0.4) is 0 Å². The van der Waals surface area contributed by atoms with E-state index in [4.69, 9.17) is 12.2 Å². The van der Waals surface area contributed by atoms with Crippen molar-refractivity contribution in [1.82, 2.24) is 20.0 Å². The van der Waals surface area contributed by atoms with E-state index in [-0.39, 0.29) is 17.5 Å². The molecule has 128 valence electrons. The van der Waals surface area contributed by atoms with E-state index in [2.05, 4.69) is 10.4 Å². The lowest BCUT2D eigenvalue weighted by Crippen LogP contribution is -2.37. The zero-order chi connectivity index (χ0) is 16.8. The molecule has 0 unspecified atom stereocenters. The van der Waals surface area contributed by atoms with Crippen molar-refractivity contribution in [3.05, 3.63) is 17.0 Å². The first-order valence-corrected chi connectivity index (χ1v) is 10.3. The molecule has 3 rings (SSSR count). The van der Waals surface area contributed by atoms with E-state index in [1.54, 1.807) is 0 Å². The summed E-state index contributed by atoms with van der Waals surface area (Å²) in [7, 11) is -0.929. The van der Waals surface area contributed by atoms with Gasteiger partial charge in [0.25, 0.3) is 0 Å². The molecule has 1 aromatic rings. The largest absolute Gasteiger partial charge is 0.360 e. The number of hydrogen-bond acceptors (Lipinski definition) is 4. The van der Waals surface area contributed by atoms with Crippen molar-refractivity contribution in [2.45, 2.75) is 51.7 Å². The minimum absolute atomic E-state index is 0.0331. The van der Waals surface area contributed by atoms with Crippen LogP contribution in [0.15, 0.2) is 0 Å². The number of nitrogens with one attached hydrogen (secondary N) is 1. The summed E-state index contributed by atoms with van der Waals surface area (Å²) in [5.41, 5.74) is 3.13. The zero-order valence-corrected chi connectivity index (χ0v) is 15.5. The van der Waals surface area contributed by atoms with Gasteiger partial charge in [-0.05, 0) is 45.3 Å². The van der Waals surface area contributed by atoms with Crippen molar-refractivity contribution < 1.29 is 8.42 Å². The average molecular weight is 357 g/mol. The molecule has 1 aliphatic heterocycles. The third-order valence-electron chi connectivity index (χ3n) is 4.68. The van der Waals surface area contributed by atoms with E-state index in [9.17, 15) is 8.42 Å². The van der Waals surface area contributed by atoms with E-state index >= 15 is 0 Å². The number of hydrogen-bond donors (Lipinski definition) is 1. The first-order valence-electron chi connectivity index (χ1n) is 8.03. The Balaban J connectivity index is 1.74. The molecule has 1 saturated heterocycles. The fourth-order valence-electron chi connectivity index (χ4n) is 3.07. The predicted octanol–water partition coefficient (Wildman–Crippen LogP) is 1.33. The topological polar surface area (TPSA) is 67.2 Å². The maximum Gasteiger partial charge on any atom is 0.169 e. The molecule has 2 fully saturated rings. The third-order valence-corrected chi connectivity index (χ3v) is 6.86. The average Bonchev–Trinajstić information content (AvgIpc) is 3.15. The first-order chi connectivity index (χ1) is 10.8. The fraction of sp³-hybridized carbons (Fsp3) is 0.733. The Bertz CT molecular complexity index is 722. The van der Waals surface area contributed by atoms with Crippen molar-refractivity contribution in [3.8, 4) is 0 Å². The molecular weight excluding hydrogens is 332 g/mol. The Morgan fingerprint density at radius 3 is 2.65 bits per heavy atom. The van der Waals surface area contributed by atoms with E-state index < -0.39 is 9.84 Å². The van der Waals surface area contributed by atoms with Crippen LogP contribution in [-0.2, 0) is 16.4 Å². The van der Waals surface area contributed by atoms with E-state index in [0.29, 0.717) is 19.0 Å².